The number of nitrogens with zero attached hydrogens (tertiary/aromatic N) is 1. The van der Waals surface area contributed by atoms with Crippen LogP contribution >= 0.6 is 0 Å². The van der Waals surface area contributed by atoms with Gasteiger partial charge < -0.3 is 9.64 Å². The Kier molecular flexibility index (Phi) is 3.67. The van der Waals surface area contributed by atoms with E-state index in [0.29, 0.717) is 0 Å². The van der Waals surface area contributed by atoms with Crippen LogP contribution in [0.15, 0.2) is 18.2 Å². The van der Waals surface area contributed by atoms with Crippen molar-refractivity contribution in [2.75, 3.05) is 19.7 Å². The number of hydrogen-bond donors (Lipinski definition) is 0. The quantitative estimate of drug-likeness (QED) is 0.801. The fourth-order valence-electron chi connectivity index (χ4n) is 2.22. The summed E-state index contributed by atoms with van der Waals surface area (Å²) < 4.78 is 5.65. The van der Waals surface area contributed by atoms with Gasteiger partial charge in [0.05, 0.1) is 0 Å². The van der Waals surface area contributed by atoms with Crippen molar-refractivity contribution in [2.45, 2.75) is 26.7 Å². The van der Waals surface area contributed by atoms with E-state index < -0.39 is 0 Å². The maximum absolute atomic E-state index is 11.8. The molecule has 0 bridgehead atoms. The van der Waals surface area contributed by atoms with E-state index in [9.17, 15) is 4.79 Å². The zero-order chi connectivity index (χ0) is 12.3. The molecule has 1 aromatic carbocycles. The summed E-state index contributed by atoms with van der Waals surface area (Å²) in [7, 11) is 0. The number of ether oxygens (including phenoxy) is 1. The Morgan fingerprint density at radius 1 is 1.24 bits per heavy atom. The molecular weight excluding hydrogens is 214 g/mol. The van der Waals surface area contributed by atoms with Crippen LogP contribution < -0.4 is 4.74 Å². The van der Waals surface area contributed by atoms with Gasteiger partial charge in [-0.1, -0.05) is 18.2 Å². The van der Waals surface area contributed by atoms with Crippen LogP contribution in [0.1, 0.15) is 24.0 Å². The van der Waals surface area contributed by atoms with E-state index in [1.54, 1.807) is 0 Å². The van der Waals surface area contributed by atoms with Crippen molar-refractivity contribution in [2.24, 2.45) is 0 Å². The first-order chi connectivity index (χ1) is 8.18. The molecule has 1 heterocycles. The summed E-state index contributed by atoms with van der Waals surface area (Å²) in [6.07, 6.45) is 2.24. The Morgan fingerprint density at radius 2 is 1.82 bits per heavy atom. The Labute approximate surface area is 102 Å². The predicted molar refractivity (Wildman–Crippen MR) is 67.2 cm³/mol. The Hall–Kier alpha value is -1.51. The zero-order valence-corrected chi connectivity index (χ0v) is 10.5. The molecule has 1 aliphatic rings. The number of likely N-dealkylation sites (tertiary alicyclic amines) is 1. The lowest BCUT2D eigenvalue weighted by Crippen LogP contribution is -2.32. The number of hydrogen-bond acceptors (Lipinski definition) is 2. The molecule has 92 valence electrons. The van der Waals surface area contributed by atoms with Gasteiger partial charge in [-0.2, -0.15) is 0 Å². The summed E-state index contributed by atoms with van der Waals surface area (Å²) in [5, 5.41) is 0. The van der Waals surface area contributed by atoms with Crippen LogP contribution in [0.5, 0.6) is 5.75 Å². The summed E-state index contributed by atoms with van der Waals surface area (Å²) in [5.41, 5.74) is 2.17. The average Bonchev–Trinajstić information content (AvgIpc) is 2.81. The fraction of sp³-hybridized carbons (Fsp3) is 0.500. The first kappa shape index (κ1) is 12.0. The summed E-state index contributed by atoms with van der Waals surface area (Å²) in [6.45, 7) is 5.93. The second-order valence-corrected chi connectivity index (χ2v) is 4.60. The molecule has 0 N–H and O–H groups in total. The monoisotopic (exact) mass is 233 g/mol. The predicted octanol–water partition coefficient (Wildman–Crippen LogP) is 2.30. The van der Waals surface area contributed by atoms with Crippen LogP contribution in [0.4, 0.5) is 0 Å². The zero-order valence-electron chi connectivity index (χ0n) is 10.5. The van der Waals surface area contributed by atoms with Crippen molar-refractivity contribution < 1.29 is 9.53 Å². The molecule has 0 radical (unpaired) electrons. The van der Waals surface area contributed by atoms with Crippen molar-refractivity contribution in [1.29, 1.82) is 0 Å². The van der Waals surface area contributed by atoms with Crippen LogP contribution in [0.25, 0.3) is 0 Å². The molecular formula is C14H19NO2. The molecule has 1 aliphatic heterocycles. The minimum atomic E-state index is 0.102. The number of amides is 1. The van der Waals surface area contributed by atoms with E-state index in [4.69, 9.17) is 4.74 Å². The number of carbonyl (C=O) groups is 1. The van der Waals surface area contributed by atoms with Crippen molar-refractivity contribution in [3.8, 4) is 5.75 Å². The van der Waals surface area contributed by atoms with Gasteiger partial charge in [0.1, 0.15) is 5.75 Å². The molecule has 1 saturated heterocycles. The Balaban J connectivity index is 1.95. The molecule has 2 rings (SSSR count). The summed E-state index contributed by atoms with van der Waals surface area (Å²) in [5.74, 6) is 0.949. The van der Waals surface area contributed by atoms with Gasteiger partial charge in [0, 0.05) is 13.1 Å². The van der Waals surface area contributed by atoms with Crippen LogP contribution in [0.3, 0.4) is 0 Å². The third kappa shape index (κ3) is 2.78. The number of rotatable bonds is 3. The molecule has 1 fully saturated rings. The maximum Gasteiger partial charge on any atom is 0.260 e. The van der Waals surface area contributed by atoms with E-state index in [0.717, 1.165) is 42.8 Å². The molecule has 1 aromatic rings. The van der Waals surface area contributed by atoms with Crippen molar-refractivity contribution in [1.82, 2.24) is 4.90 Å². The highest BCUT2D eigenvalue weighted by Gasteiger charge is 2.18. The largest absolute Gasteiger partial charge is 0.483 e. The van der Waals surface area contributed by atoms with Crippen LogP contribution in [-0.2, 0) is 4.79 Å². The number of para-hydroxylation sites is 1. The average molecular weight is 233 g/mol. The minimum Gasteiger partial charge on any atom is -0.483 e. The third-order valence-corrected chi connectivity index (χ3v) is 3.21. The Morgan fingerprint density at radius 3 is 2.41 bits per heavy atom. The van der Waals surface area contributed by atoms with Gasteiger partial charge in [-0.15, -0.1) is 0 Å². The van der Waals surface area contributed by atoms with Crippen LogP contribution in [0.2, 0.25) is 0 Å². The lowest BCUT2D eigenvalue weighted by molar-refractivity contribution is -0.132. The standard InChI is InChI=1S/C14H19NO2/c1-11-6-5-7-12(2)14(11)17-10-13(16)15-8-3-4-9-15/h5-7H,3-4,8-10H2,1-2H3. The van der Waals surface area contributed by atoms with Crippen LogP contribution in [-0.4, -0.2) is 30.5 Å². The van der Waals surface area contributed by atoms with E-state index in [1.807, 2.05) is 36.9 Å². The molecule has 3 nitrogen and oxygen atoms in total. The first-order valence-corrected chi connectivity index (χ1v) is 6.15. The van der Waals surface area contributed by atoms with Crippen molar-refractivity contribution >= 4 is 5.91 Å². The molecule has 0 aromatic heterocycles. The highest BCUT2D eigenvalue weighted by atomic mass is 16.5. The summed E-state index contributed by atoms with van der Waals surface area (Å²) in [4.78, 5) is 13.7. The third-order valence-electron chi connectivity index (χ3n) is 3.21. The molecule has 0 unspecified atom stereocenters. The fourth-order valence-corrected chi connectivity index (χ4v) is 2.22. The molecule has 0 spiro atoms. The van der Waals surface area contributed by atoms with Gasteiger partial charge in [-0.3, -0.25) is 4.79 Å². The van der Waals surface area contributed by atoms with Gasteiger partial charge in [0.2, 0.25) is 0 Å². The van der Waals surface area contributed by atoms with Gasteiger partial charge in [-0.05, 0) is 37.8 Å². The second kappa shape index (κ2) is 5.21. The highest BCUT2D eigenvalue weighted by Crippen LogP contribution is 2.22. The molecule has 3 heteroatoms. The summed E-state index contributed by atoms with van der Waals surface area (Å²) in [6, 6.07) is 6.01. The summed E-state index contributed by atoms with van der Waals surface area (Å²) >= 11 is 0. The maximum atomic E-state index is 11.8. The molecule has 17 heavy (non-hydrogen) atoms. The smallest absolute Gasteiger partial charge is 0.260 e. The minimum absolute atomic E-state index is 0.102. The molecule has 1 amide bonds. The normalized spacial score (nSPS) is 15.1. The lowest BCUT2D eigenvalue weighted by Gasteiger charge is -2.17. The molecule has 0 atom stereocenters. The van der Waals surface area contributed by atoms with E-state index in [2.05, 4.69) is 0 Å². The van der Waals surface area contributed by atoms with Gasteiger partial charge in [-0.25, -0.2) is 0 Å². The highest BCUT2D eigenvalue weighted by molar-refractivity contribution is 5.78. The second-order valence-electron chi connectivity index (χ2n) is 4.60. The van der Waals surface area contributed by atoms with Gasteiger partial charge in [0.15, 0.2) is 6.61 Å². The van der Waals surface area contributed by atoms with Gasteiger partial charge in [0.25, 0.3) is 5.91 Å². The van der Waals surface area contributed by atoms with Crippen molar-refractivity contribution in [3.63, 3.8) is 0 Å². The number of carbonyl (C=O) groups excluding carboxylic acids is 1. The Bertz CT molecular complexity index is 388. The van der Waals surface area contributed by atoms with Crippen molar-refractivity contribution in [3.05, 3.63) is 29.3 Å². The number of aryl methyl sites for hydroxylation is 2. The molecule has 0 saturated carbocycles. The van der Waals surface area contributed by atoms with E-state index in [1.165, 1.54) is 0 Å². The van der Waals surface area contributed by atoms with E-state index >= 15 is 0 Å². The van der Waals surface area contributed by atoms with Gasteiger partial charge >= 0.3 is 0 Å². The number of benzene rings is 1. The topological polar surface area (TPSA) is 29.5 Å². The first-order valence-electron chi connectivity index (χ1n) is 6.15. The SMILES string of the molecule is Cc1cccc(C)c1OCC(=O)N1CCCC1. The lowest BCUT2D eigenvalue weighted by atomic mass is 10.1. The molecule has 0 aliphatic carbocycles. The van der Waals surface area contributed by atoms with Crippen LogP contribution in [0, 0.1) is 13.8 Å². The van der Waals surface area contributed by atoms with E-state index in [-0.39, 0.29) is 12.5 Å².